The van der Waals surface area contributed by atoms with Gasteiger partial charge >= 0.3 is 6.03 Å². The average molecular weight is 484 g/mol. The highest BCUT2D eigenvalue weighted by Crippen LogP contribution is 2.41. The van der Waals surface area contributed by atoms with Crippen LogP contribution in [0.25, 0.3) is 10.2 Å². The van der Waals surface area contributed by atoms with Gasteiger partial charge in [-0.25, -0.2) is 14.8 Å². The number of nitrogens with one attached hydrogen (secondary N) is 1. The Hall–Kier alpha value is -2.38. The topological polar surface area (TPSA) is 61.4 Å². The van der Waals surface area contributed by atoms with Crippen LogP contribution < -0.4 is 10.2 Å². The van der Waals surface area contributed by atoms with Crippen LogP contribution in [0.5, 0.6) is 0 Å². The van der Waals surface area contributed by atoms with E-state index >= 15 is 0 Å². The maximum atomic E-state index is 12.8. The number of carbonyl (C=O) groups excluding carboxylic acids is 1. The smallest absolute Gasteiger partial charge is 0.321 e. The Morgan fingerprint density at radius 1 is 1.18 bits per heavy atom. The molecule has 1 aliphatic heterocycles. The first-order valence-electron chi connectivity index (χ1n) is 11.9. The summed E-state index contributed by atoms with van der Waals surface area (Å²) in [6.07, 6.45) is 5.42. The molecule has 174 valence electrons. The van der Waals surface area contributed by atoms with Gasteiger partial charge in [-0.2, -0.15) is 0 Å². The van der Waals surface area contributed by atoms with E-state index in [-0.39, 0.29) is 6.03 Å². The summed E-state index contributed by atoms with van der Waals surface area (Å²) in [4.78, 5) is 29.6. The molecule has 3 aromatic rings. The minimum Gasteiger partial charge on any atom is -0.352 e. The summed E-state index contributed by atoms with van der Waals surface area (Å²) in [5, 5.41) is 4.90. The molecular weight excluding hydrogens is 454 g/mol. The Bertz CT molecular complexity index is 1150. The number of nitrogens with zero attached hydrogens (tertiary/aromatic N) is 4. The van der Waals surface area contributed by atoms with E-state index in [0.29, 0.717) is 18.1 Å². The van der Waals surface area contributed by atoms with E-state index in [4.69, 9.17) is 21.6 Å². The number of aromatic nitrogens is 2. The van der Waals surface area contributed by atoms with Gasteiger partial charge in [-0.15, -0.1) is 11.3 Å². The Labute approximate surface area is 204 Å². The molecule has 33 heavy (non-hydrogen) atoms. The van der Waals surface area contributed by atoms with E-state index in [2.05, 4.69) is 24.1 Å². The molecule has 6 nitrogen and oxygen atoms in total. The zero-order valence-electron chi connectivity index (χ0n) is 19.2. The summed E-state index contributed by atoms with van der Waals surface area (Å²) in [6, 6.07) is 7.14. The van der Waals surface area contributed by atoms with E-state index in [1.165, 1.54) is 22.2 Å². The molecule has 0 radical (unpaired) electrons. The number of piperazine rings is 1. The van der Waals surface area contributed by atoms with Crippen LogP contribution in [-0.2, 0) is 19.3 Å². The lowest BCUT2D eigenvalue weighted by Crippen LogP contribution is -2.50. The Morgan fingerprint density at radius 2 is 1.94 bits per heavy atom. The van der Waals surface area contributed by atoms with E-state index < -0.39 is 0 Å². The van der Waals surface area contributed by atoms with Crippen LogP contribution >= 0.6 is 22.9 Å². The molecule has 8 heteroatoms. The predicted octanol–water partition coefficient (Wildman–Crippen LogP) is 5.78. The summed E-state index contributed by atoms with van der Waals surface area (Å²) < 4.78 is 0. The third kappa shape index (κ3) is 4.66. The molecule has 1 aromatic carbocycles. The monoisotopic (exact) mass is 483 g/mol. The summed E-state index contributed by atoms with van der Waals surface area (Å²) >= 11 is 7.82. The minimum atomic E-state index is -0.0709. The van der Waals surface area contributed by atoms with Gasteiger partial charge in [0.2, 0.25) is 0 Å². The molecule has 1 fully saturated rings. The van der Waals surface area contributed by atoms with Gasteiger partial charge in [0.15, 0.2) is 0 Å². The maximum Gasteiger partial charge on any atom is 0.321 e. The van der Waals surface area contributed by atoms with Gasteiger partial charge < -0.3 is 15.1 Å². The summed E-state index contributed by atoms with van der Waals surface area (Å²) in [5.74, 6) is 2.75. The van der Waals surface area contributed by atoms with Crippen LogP contribution in [0.15, 0.2) is 24.3 Å². The number of fused-ring (bicyclic) bond motifs is 3. The number of rotatable bonds is 4. The third-order valence-corrected chi connectivity index (χ3v) is 8.02. The van der Waals surface area contributed by atoms with Crippen LogP contribution in [0.2, 0.25) is 5.02 Å². The largest absolute Gasteiger partial charge is 0.352 e. The molecule has 2 aliphatic rings. The molecule has 1 saturated heterocycles. The number of urea groups is 1. The Morgan fingerprint density at radius 3 is 2.67 bits per heavy atom. The van der Waals surface area contributed by atoms with E-state index in [0.717, 1.165) is 66.9 Å². The molecular formula is C25H30ClN5OS. The summed E-state index contributed by atoms with van der Waals surface area (Å²) in [5.41, 5.74) is 2.22. The number of thiophene rings is 1. The first-order valence-corrected chi connectivity index (χ1v) is 13.1. The molecule has 1 aliphatic carbocycles. The lowest BCUT2D eigenvalue weighted by molar-refractivity contribution is 0.208. The third-order valence-electron chi connectivity index (χ3n) is 6.62. The highest BCUT2D eigenvalue weighted by molar-refractivity contribution is 7.19. The van der Waals surface area contributed by atoms with Gasteiger partial charge in [0.1, 0.15) is 16.5 Å². The lowest BCUT2D eigenvalue weighted by Gasteiger charge is -2.36. The number of benzene rings is 1. The quantitative estimate of drug-likeness (QED) is 0.511. The molecule has 2 amide bonds. The predicted molar refractivity (Wildman–Crippen MR) is 137 cm³/mol. The molecule has 0 bridgehead atoms. The number of carbonyl (C=O) groups is 1. The van der Waals surface area contributed by atoms with Crippen molar-refractivity contribution in [2.24, 2.45) is 5.92 Å². The lowest BCUT2D eigenvalue weighted by atomic mass is 9.89. The summed E-state index contributed by atoms with van der Waals surface area (Å²) in [7, 11) is 0. The highest BCUT2D eigenvalue weighted by Gasteiger charge is 2.28. The van der Waals surface area contributed by atoms with Crippen molar-refractivity contribution in [3.05, 3.63) is 45.6 Å². The van der Waals surface area contributed by atoms with Crippen molar-refractivity contribution in [2.45, 2.75) is 46.0 Å². The second kappa shape index (κ2) is 9.47. The molecule has 1 N–H and O–H groups in total. The zero-order valence-corrected chi connectivity index (χ0v) is 20.8. The number of hydrogen-bond acceptors (Lipinski definition) is 5. The van der Waals surface area contributed by atoms with Crippen molar-refractivity contribution >= 4 is 50.7 Å². The molecule has 2 aromatic heterocycles. The van der Waals surface area contributed by atoms with Gasteiger partial charge in [0, 0.05) is 48.2 Å². The van der Waals surface area contributed by atoms with Gasteiger partial charge in [0.25, 0.3) is 0 Å². The van der Waals surface area contributed by atoms with Crippen molar-refractivity contribution in [1.82, 2.24) is 14.9 Å². The standard InChI is InChI=1S/C25H30ClN5OS/c1-3-4-21-28-23(22-19-10-5-16(2)15-20(19)33-24(22)29-21)30-11-13-31(14-12-30)25(32)27-18-8-6-17(26)7-9-18/h6-9,16H,3-5,10-15H2,1-2H3,(H,27,32)/t16-/m0/s1. The molecule has 3 heterocycles. The van der Waals surface area contributed by atoms with Gasteiger partial charge in [-0.3, -0.25) is 0 Å². The highest BCUT2D eigenvalue weighted by atomic mass is 35.5. The first kappa shape index (κ1) is 22.4. The van der Waals surface area contributed by atoms with Gasteiger partial charge in [-0.1, -0.05) is 25.4 Å². The average Bonchev–Trinajstić information content (AvgIpc) is 3.17. The zero-order chi connectivity index (χ0) is 22.9. The van der Waals surface area contributed by atoms with Gasteiger partial charge in [0.05, 0.1) is 5.39 Å². The van der Waals surface area contributed by atoms with Crippen molar-refractivity contribution < 1.29 is 4.79 Å². The Kier molecular flexibility index (Phi) is 6.43. The fourth-order valence-electron chi connectivity index (χ4n) is 4.79. The van der Waals surface area contributed by atoms with E-state index in [9.17, 15) is 4.79 Å². The van der Waals surface area contributed by atoms with Crippen LogP contribution in [0, 0.1) is 5.92 Å². The number of halogens is 1. The molecule has 5 rings (SSSR count). The van der Waals surface area contributed by atoms with Crippen molar-refractivity contribution in [2.75, 3.05) is 36.4 Å². The van der Waals surface area contributed by atoms with Crippen molar-refractivity contribution in [3.63, 3.8) is 0 Å². The van der Waals surface area contributed by atoms with Crippen LogP contribution in [-0.4, -0.2) is 47.1 Å². The second-order valence-electron chi connectivity index (χ2n) is 9.16. The molecule has 1 atom stereocenters. The SMILES string of the molecule is CCCc1nc(N2CCN(C(=O)Nc3ccc(Cl)cc3)CC2)c2c3c(sc2n1)C[C@@H](C)CC3. The number of amides is 2. The molecule has 0 spiro atoms. The van der Waals surface area contributed by atoms with E-state index in [1.807, 2.05) is 28.4 Å². The number of anilines is 2. The molecule has 0 saturated carbocycles. The van der Waals surface area contributed by atoms with Crippen molar-refractivity contribution in [1.29, 1.82) is 0 Å². The molecule has 0 unspecified atom stereocenters. The fraction of sp³-hybridized carbons (Fsp3) is 0.480. The number of hydrogen-bond donors (Lipinski definition) is 1. The first-order chi connectivity index (χ1) is 16.0. The summed E-state index contributed by atoms with van der Waals surface area (Å²) in [6.45, 7) is 7.39. The minimum absolute atomic E-state index is 0.0709. The van der Waals surface area contributed by atoms with Gasteiger partial charge in [-0.05, 0) is 61.4 Å². The fourth-order valence-corrected chi connectivity index (χ4v) is 6.31. The number of aryl methyl sites for hydroxylation is 2. The Balaban J connectivity index is 1.36. The second-order valence-corrected chi connectivity index (χ2v) is 10.7. The van der Waals surface area contributed by atoms with E-state index in [1.54, 1.807) is 12.1 Å². The normalized spacial score (nSPS) is 18.5. The van der Waals surface area contributed by atoms with Crippen LogP contribution in [0.3, 0.4) is 0 Å². The van der Waals surface area contributed by atoms with Crippen LogP contribution in [0.4, 0.5) is 16.3 Å². The van der Waals surface area contributed by atoms with Crippen molar-refractivity contribution in [3.8, 4) is 0 Å². The van der Waals surface area contributed by atoms with Crippen LogP contribution in [0.1, 0.15) is 43.0 Å². The maximum absolute atomic E-state index is 12.8.